The van der Waals surface area contributed by atoms with Crippen molar-refractivity contribution in [2.45, 2.75) is 19.3 Å². The summed E-state index contributed by atoms with van der Waals surface area (Å²) in [5.74, 6) is 0.133. The summed E-state index contributed by atoms with van der Waals surface area (Å²) in [7, 11) is 0. The maximum absolute atomic E-state index is 12.9. The number of likely N-dealkylation sites (tertiary alicyclic amines) is 1. The zero-order chi connectivity index (χ0) is 14.9. The van der Waals surface area contributed by atoms with E-state index in [1.54, 1.807) is 6.20 Å². The standard InChI is InChI=1S/C17H18N4O/c22-17(20-9-3-1-4-10-20)13-12-16(14-7-8-18-19-14)21-11-5-2-6-15(13)21/h2,5-8,11-12H,1,3-4,9-10H2,(H,18,19). The Morgan fingerprint density at radius 1 is 1.14 bits per heavy atom. The van der Waals surface area contributed by atoms with E-state index in [4.69, 9.17) is 0 Å². The molecule has 1 N–H and O–H groups in total. The van der Waals surface area contributed by atoms with Crippen molar-refractivity contribution in [1.29, 1.82) is 0 Å². The molecule has 22 heavy (non-hydrogen) atoms. The fourth-order valence-corrected chi connectivity index (χ4v) is 3.20. The van der Waals surface area contributed by atoms with Crippen LogP contribution in [0, 0.1) is 0 Å². The topological polar surface area (TPSA) is 53.4 Å². The van der Waals surface area contributed by atoms with E-state index >= 15 is 0 Å². The van der Waals surface area contributed by atoms with Gasteiger partial charge in [-0.2, -0.15) is 5.10 Å². The van der Waals surface area contributed by atoms with Crippen LogP contribution in [-0.2, 0) is 0 Å². The van der Waals surface area contributed by atoms with Crippen LogP contribution >= 0.6 is 0 Å². The van der Waals surface area contributed by atoms with Crippen LogP contribution < -0.4 is 0 Å². The molecule has 0 radical (unpaired) electrons. The molecule has 0 atom stereocenters. The summed E-state index contributed by atoms with van der Waals surface area (Å²) in [5.41, 5.74) is 3.60. The zero-order valence-electron chi connectivity index (χ0n) is 12.3. The lowest BCUT2D eigenvalue weighted by Gasteiger charge is -2.26. The highest BCUT2D eigenvalue weighted by Gasteiger charge is 2.22. The summed E-state index contributed by atoms with van der Waals surface area (Å²) in [6.07, 6.45) is 7.14. The van der Waals surface area contributed by atoms with E-state index in [1.807, 2.05) is 45.8 Å². The summed E-state index contributed by atoms with van der Waals surface area (Å²) >= 11 is 0. The molecule has 1 aliphatic heterocycles. The van der Waals surface area contributed by atoms with Gasteiger partial charge in [-0.25, -0.2) is 0 Å². The molecule has 5 heteroatoms. The molecule has 4 heterocycles. The molecule has 112 valence electrons. The van der Waals surface area contributed by atoms with Crippen molar-refractivity contribution in [2.75, 3.05) is 13.1 Å². The van der Waals surface area contributed by atoms with E-state index in [9.17, 15) is 4.79 Å². The van der Waals surface area contributed by atoms with Gasteiger partial charge in [0.25, 0.3) is 5.91 Å². The van der Waals surface area contributed by atoms with Crippen LogP contribution in [-0.4, -0.2) is 38.5 Å². The summed E-state index contributed by atoms with van der Waals surface area (Å²) < 4.78 is 2.05. The first kappa shape index (κ1) is 13.1. The zero-order valence-corrected chi connectivity index (χ0v) is 12.3. The number of carbonyl (C=O) groups excluding carboxylic acids is 1. The molecule has 0 unspecified atom stereocenters. The van der Waals surface area contributed by atoms with Crippen LogP contribution in [0.1, 0.15) is 29.6 Å². The summed E-state index contributed by atoms with van der Waals surface area (Å²) in [4.78, 5) is 14.9. The number of rotatable bonds is 2. The fraction of sp³-hybridized carbons (Fsp3) is 0.294. The molecule has 3 aromatic rings. The molecule has 3 aromatic heterocycles. The van der Waals surface area contributed by atoms with E-state index < -0.39 is 0 Å². The minimum absolute atomic E-state index is 0.133. The lowest BCUT2D eigenvalue weighted by molar-refractivity contribution is 0.0726. The molecule has 1 amide bonds. The van der Waals surface area contributed by atoms with Crippen LogP contribution in [0.3, 0.4) is 0 Å². The number of H-pyrrole nitrogens is 1. The van der Waals surface area contributed by atoms with Gasteiger partial charge < -0.3 is 9.30 Å². The second kappa shape index (κ2) is 5.33. The predicted molar refractivity (Wildman–Crippen MR) is 84.7 cm³/mol. The Kier molecular flexibility index (Phi) is 3.18. The molecule has 4 rings (SSSR count). The Hall–Kier alpha value is -2.56. The Morgan fingerprint density at radius 3 is 2.77 bits per heavy atom. The Balaban J connectivity index is 1.82. The van der Waals surface area contributed by atoms with Gasteiger partial charge in [-0.15, -0.1) is 0 Å². The van der Waals surface area contributed by atoms with Crippen molar-refractivity contribution in [3.63, 3.8) is 0 Å². The van der Waals surface area contributed by atoms with Crippen molar-refractivity contribution in [3.8, 4) is 11.4 Å². The number of hydrogen-bond donors (Lipinski definition) is 1. The third kappa shape index (κ3) is 2.09. The lowest BCUT2D eigenvalue weighted by Crippen LogP contribution is -2.35. The number of hydrogen-bond acceptors (Lipinski definition) is 2. The van der Waals surface area contributed by atoms with Gasteiger partial charge in [-0.3, -0.25) is 9.89 Å². The Bertz CT molecular complexity index is 797. The van der Waals surface area contributed by atoms with Crippen LogP contribution in [0.25, 0.3) is 16.9 Å². The van der Waals surface area contributed by atoms with Crippen LogP contribution in [0.5, 0.6) is 0 Å². The normalized spacial score (nSPS) is 15.4. The maximum Gasteiger partial charge on any atom is 0.256 e. The summed E-state index contributed by atoms with van der Waals surface area (Å²) in [6, 6.07) is 9.84. The molecule has 5 nitrogen and oxygen atoms in total. The molecule has 0 aliphatic carbocycles. The van der Waals surface area contributed by atoms with Crippen LogP contribution in [0.2, 0.25) is 0 Å². The van der Waals surface area contributed by atoms with E-state index in [-0.39, 0.29) is 5.91 Å². The van der Waals surface area contributed by atoms with E-state index in [1.165, 1.54) is 6.42 Å². The highest BCUT2D eigenvalue weighted by atomic mass is 16.2. The second-order valence-corrected chi connectivity index (χ2v) is 5.72. The molecular weight excluding hydrogens is 276 g/mol. The largest absolute Gasteiger partial charge is 0.339 e. The van der Waals surface area contributed by atoms with Crippen molar-refractivity contribution in [1.82, 2.24) is 19.5 Å². The SMILES string of the molecule is O=C(c1cc(-c2ccn[nH]2)n2ccccc12)N1CCCCC1. The highest BCUT2D eigenvalue weighted by Crippen LogP contribution is 2.26. The third-order valence-corrected chi connectivity index (χ3v) is 4.33. The molecule has 1 saturated heterocycles. The molecular formula is C17H18N4O. The number of nitrogens with one attached hydrogen (secondary N) is 1. The second-order valence-electron chi connectivity index (χ2n) is 5.72. The first-order chi connectivity index (χ1) is 10.8. The van der Waals surface area contributed by atoms with E-state index in [0.717, 1.165) is 48.4 Å². The molecule has 0 bridgehead atoms. The molecule has 0 aromatic carbocycles. The number of carbonyl (C=O) groups is 1. The van der Waals surface area contributed by atoms with E-state index in [2.05, 4.69) is 10.2 Å². The van der Waals surface area contributed by atoms with Gasteiger partial charge in [0.2, 0.25) is 0 Å². The molecule has 1 fully saturated rings. The number of aromatic amines is 1. The molecule has 0 spiro atoms. The average Bonchev–Trinajstić information content (AvgIpc) is 3.22. The number of pyridine rings is 1. The van der Waals surface area contributed by atoms with Crippen LogP contribution in [0.4, 0.5) is 0 Å². The molecule has 1 aliphatic rings. The average molecular weight is 294 g/mol. The number of nitrogens with zero attached hydrogens (tertiary/aromatic N) is 3. The summed E-state index contributed by atoms with van der Waals surface area (Å²) in [6.45, 7) is 1.73. The quantitative estimate of drug-likeness (QED) is 0.790. The van der Waals surface area contributed by atoms with Crippen molar-refractivity contribution < 1.29 is 4.79 Å². The van der Waals surface area contributed by atoms with Gasteiger partial charge in [0.05, 0.1) is 22.5 Å². The van der Waals surface area contributed by atoms with Gasteiger partial charge in [0, 0.05) is 25.5 Å². The maximum atomic E-state index is 12.9. The van der Waals surface area contributed by atoms with Crippen molar-refractivity contribution in [3.05, 3.63) is 48.3 Å². The number of aromatic nitrogens is 3. The van der Waals surface area contributed by atoms with Gasteiger partial charge >= 0.3 is 0 Å². The molecule has 0 saturated carbocycles. The number of fused-ring (bicyclic) bond motifs is 1. The number of piperidine rings is 1. The third-order valence-electron chi connectivity index (χ3n) is 4.33. The monoisotopic (exact) mass is 294 g/mol. The predicted octanol–water partition coefficient (Wildman–Crippen LogP) is 2.96. The Morgan fingerprint density at radius 2 is 2.00 bits per heavy atom. The van der Waals surface area contributed by atoms with Crippen LogP contribution in [0.15, 0.2) is 42.7 Å². The minimum Gasteiger partial charge on any atom is -0.339 e. The van der Waals surface area contributed by atoms with Gasteiger partial charge in [0.15, 0.2) is 0 Å². The highest BCUT2D eigenvalue weighted by molar-refractivity contribution is 6.02. The lowest BCUT2D eigenvalue weighted by atomic mass is 10.1. The first-order valence-corrected chi connectivity index (χ1v) is 7.74. The fourth-order valence-electron chi connectivity index (χ4n) is 3.20. The van der Waals surface area contributed by atoms with E-state index in [0.29, 0.717) is 0 Å². The van der Waals surface area contributed by atoms with Gasteiger partial charge in [-0.1, -0.05) is 6.07 Å². The Labute approximate surface area is 128 Å². The smallest absolute Gasteiger partial charge is 0.256 e. The van der Waals surface area contributed by atoms with Crippen molar-refractivity contribution >= 4 is 11.4 Å². The van der Waals surface area contributed by atoms with Gasteiger partial charge in [0.1, 0.15) is 0 Å². The number of amides is 1. The van der Waals surface area contributed by atoms with Gasteiger partial charge in [-0.05, 0) is 43.5 Å². The summed E-state index contributed by atoms with van der Waals surface area (Å²) in [5, 5.41) is 7.00. The first-order valence-electron chi connectivity index (χ1n) is 7.74. The minimum atomic E-state index is 0.133. The van der Waals surface area contributed by atoms with Crippen molar-refractivity contribution in [2.24, 2.45) is 0 Å².